The number of benzene rings is 3. The van der Waals surface area contributed by atoms with Gasteiger partial charge in [0.15, 0.2) is 0 Å². The molecule has 0 bridgehead atoms. The Hall–Kier alpha value is -2.19. The monoisotopic (exact) mass is 361 g/mol. The van der Waals surface area contributed by atoms with Crippen molar-refractivity contribution in [3.05, 3.63) is 84.4 Å². The summed E-state index contributed by atoms with van der Waals surface area (Å²) in [4.78, 5) is 5.08. The van der Waals surface area contributed by atoms with Crippen LogP contribution in [-0.2, 0) is 0 Å². The zero-order chi connectivity index (χ0) is 18.4. The van der Waals surface area contributed by atoms with Crippen molar-refractivity contribution in [1.29, 1.82) is 0 Å². The van der Waals surface area contributed by atoms with Gasteiger partial charge in [-0.3, -0.25) is 0 Å². The Bertz CT molecular complexity index is 783. The van der Waals surface area contributed by atoms with Gasteiger partial charge < -0.3 is 4.90 Å². The van der Waals surface area contributed by atoms with Crippen molar-refractivity contribution in [2.75, 3.05) is 11.4 Å². The normalized spacial score (nSPS) is 13.1. The van der Waals surface area contributed by atoms with Crippen LogP contribution in [0.15, 0.2) is 88.7 Å². The largest absolute Gasteiger partial charge is 0.340 e. The summed E-state index contributed by atoms with van der Waals surface area (Å²) in [6, 6.07) is 27.8. The molecule has 0 saturated heterocycles. The van der Waals surface area contributed by atoms with Crippen LogP contribution in [0.2, 0.25) is 0 Å². The van der Waals surface area contributed by atoms with E-state index in [2.05, 4.69) is 105 Å². The summed E-state index contributed by atoms with van der Waals surface area (Å²) < 4.78 is 0. The molecule has 4 rings (SSSR count). The van der Waals surface area contributed by atoms with Gasteiger partial charge in [-0.1, -0.05) is 80.2 Å². The van der Waals surface area contributed by atoms with E-state index >= 15 is 0 Å². The van der Waals surface area contributed by atoms with E-state index in [1.807, 2.05) is 11.8 Å². The first kappa shape index (κ1) is 18.6. The third-order valence-corrected chi connectivity index (χ3v) is 5.96. The van der Waals surface area contributed by atoms with E-state index in [-0.39, 0.29) is 0 Å². The van der Waals surface area contributed by atoms with E-state index in [0.717, 1.165) is 6.54 Å². The summed E-state index contributed by atoms with van der Waals surface area (Å²) in [6.45, 7) is 7.69. The molecule has 0 spiro atoms. The first-order chi connectivity index (χ1) is 12.7. The van der Waals surface area contributed by atoms with E-state index in [9.17, 15) is 0 Å². The number of hydrogen-bond acceptors (Lipinski definition) is 2. The van der Waals surface area contributed by atoms with Gasteiger partial charge in [-0.15, -0.1) is 0 Å². The number of nitrogens with zero attached hydrogens (tertiary/aromatic N) is 1. The Kier molecular flexibility index (Phi) is 6.40. The van der Waals surface area contributed by atoms with Gasteiger partial charge in [0.1, 0.15) is 0 Å². The molecular formula is C24H27NS. The van der Waals surface area contributed by atoms with Crippen LogP contribution in [-0.4, -0.2) is 6.54 Å². The average molecular weight is 362 g/mol. The summed E-state index contributed by atoms with van der Waals surface area (Å²) in [6.07, 6.45) is 1.23. The molecule has 2 heteroatoms. The van der Waals surface area contributed by atoms with Crippen molar-refractivity contribution in [3.8, 4) is 0 Å². The lowest BCUT2D eigenvalue weighted by atomic mass is 9.99. The summed E-state index contributed by atoms with van der Waals surface area (Å²) in [5.74, 6) is 0.709. The van der Waals surface area contributed by atoms with Gasteiger partial charge in [-0.05, 0) is 49.1 Å². The van der Waals surface area contributed by atoms with E-state index in [4.69, 9.17) is 0 Å². The van der Waals surface area contributed by atoms with Gasteiger partial charge in [0.2, 0.25) is 0 Å². The second kappa shape index (κ2) is 8.95. The maximum atomic E-state index is 2.38. The highest BCUT2D eigenvalue weighted by molar-refractivity contribution is 7.99. The average Bonchev–Trinajstić information content (AvgIpc) is 2.72. The van der Waals surface area contributed by atoms with E-state index in [1.165, 1.54) is 33.2 Å². The Morgan fingerprint density at radius 2 is 1.23 bits per heavy atom. The van der Waals surface area contributed by atoms with Crippen molar-refractivity contribution < 1.29 is 0 Å². The predicted octanol–water partition coefficient (Wildman–Crippen LogP) is 7.51. The SMILES string of the molecule is CCC(C)c1ccccc1.CCN1c2ccccc2Sc2ccccc21. The van der Waals surface area contributed by atoms with Gasteiger partial charge >= 0.3 is 0 Å². The van der Waals surface area contributed by atoms with Crippen LogP contribution < -0.4 is 4.90 Å². The number of fused-ring (bicyclic) bond motifs is 2. The summed E-state index contributed by atoms with van der Waals surface area (Å²) in [5.41, 5.74) is 4.10. The van der Waals surface area contributed by atoms with Crippen molar-refractivity contribution in [3.63, 3.8) is 0 Å². The molecular weight excluding hydrogens is 334 g/mol. The van der Waals surface area contributed by atoms with Crippen LogP contribution in [0.4, 0.5) is 11.4 Å². The molecule has 1 aliphatic heterocycles. The van der Waals surface area contributed by atoms with E-state index in [0.29, 0.717) is 5.92 Å². The smallest absolute Gasteiger partial charge is 0.0552 e. The zero-order valence-corrected chi connectivity index (χ0v) is 16.7. The summed E-state index contributed by atoms with van der Waals surface area (Å²) >= 11 is 1.86. The van der Waals surface area contributed by atoms with Crippen LogP contribution in [0.3, 0.4) is 0 Å². The van der Waals surface area contributed by atoms with Crippen LogP contribution in [0.25, 0.3) is 0 Å². The quantitative estimate of drug-likeness (QED) is 0.475. The minimum Gasteiger partial charge on any atom is -0.340 e. The van der Waals surface area contributed by atoms with Gasteiger partial charge in [0.05, 0.1) is 11.4 Å². The minimum absolute atomic E-state index is 0.709. The zero-order valence-electron chi connectivity index (χ0n) is 15.9. The fraction of sp³-hybridized carbons (Fsp3) is 0.250. The topological polar surface area (TPSA) is 3.24 Å². The lowest BCUT2D eigenvalue weighted by Crippen LogP contribution is -2.19. The van der Waals surface area contributed by atoms with Crippen LogP contribution in [0, 0.1) is 0 Å². The third-order valence-electron chi connectivity index (χ3n) is 4.83. The van der Waals surface area contributed by atoms with E-state index < -0.39 is 0 Å². The van der Waals surface area contributed by atoms with Gasteiger partial charge in [0.25, 0.3) is 0 Å². The molecule has 3 aromatic rings. The Morgan fingerprint density at radius 1 is 0.731 bits per heavy atom. The van der Waals surface area contributed by atoms with Gasteiger partial charge in [-0.25, -0.2) is 0 Å². The molecule has 134 valence electrons. The fourth-order valence-electron chi connectivity index (χ4n) is 3.14. The second-order valence-electron chi connectivity index (χ2n) is 6.50. The molecule has 1 atom stereocenters. The predicted molar refractivity (Wildman–Crippen MR) is 115 cm³/mol. The van der Waals surface area contributed by atoms with Gasteiger partial charge in [0, 0.05) is 16.3 Å². The highest BCUT2D eigenvalue weighted by Gasteiger charge is 2.20. The summed E-state index contributed by atoms with van der Waals surface area (Å²) in [5, 5.41) is 0. The van der Waals surface area contributed by atoms with Crippen molar-refractivity contribution in [2.24, 2.45) is 0 Å². The molecule has 1 heterocycles. The molecule has 1 nitrogen and oxygen atoms in total. The Labute approximate surface area is 162 Å². The van der Waals surface area contributed by atoms with Crippen LogP contribution >= 0.6 is 11.8 Å². The summed E-state index contributed by atoms with van der Waals surface area (Å²) in [7, 11) is 0. The molecule has 0 amide bonds. The maximum Gasteiger partial charge on any atom is 0.0552 e. The molecule has 3 aromatic carbocycles. The molecule has 0 saturated carbocycles. The molecule has 1 unspecified atom stereocenters. The van der Waals surface area contributed by atoms with Crippen molar-refractivity contribution in [1.82, 2.24) is 0 Å². The standard InChI is InChI=1S/C14H13NS.C10H14/c1-2-15-11-7-3-5-9-13(11)16-14-10-6-4-8-12(14)15;1-3-9(2)10-7-5-4-6-8-10/h3-10H,2H2,1H3;4-9H,3H2,1-2H3. The molecule has 26 heavy (non-hydrogen) atoms. The lowest BCUT2D eigenvalue weighted by Gasteiger charge is -2.31. The maximum absolute atomic E-state index is 2.38. The van der Waals surface area contributed by atoms with Gasteiger partial charge in [-0.2, -0.15) is 0 Å². The highest BCUT2D eigenvalue weighted by Crippen LogP contribution is 2.47. The van der Waals surface area contributed by atoms with E-state index in [1.54, 1.807) is 0 Å². The third kappa shape index (κ3) is 4.13. The van der Waals surface area contributed by atoms with Crippen LogP contribution in [0.5, 0.6) is 0 Å². The second-order valence-corrected chi connectivity index (χ2v) is 7.59. The molecule has 0 aliphatic carbocycles. The van der Waals surface area contributed by atoms with Crippen molar-refractivity contribution >= 4 is 23.1 Å². The lowest BCUT2D eigenvalue weighted by molar-refractivity contribution is 0.733. The molecule has 0 aromatic heterocycles. The Balaban J connectivity index is 0.000000170. The first-order valence-corrected chi connectivity index (χ1v) is 10.2. The van der Waals surface area contributed by atoms with Crippen molar-refractivity contribution in [2.45, 2.75) is 42.9 Å². The number of rotatable bonds is 3. The minimum atomic E-state index is 0.709. The number of anilines is 2. The Morgan fingerprint density at radius 3 is 1.73 bits per heavy atom. The first-order valence-electron chi connectivity index (χ1n) is 9.43. The molecule has 0 N–H and O–H groups in total. The molecule has 0 fully saturated rings. The number of hydrogen-bond donors (Lipinski definition) is 0. The molecule has 1 aliphatic rings. The van der Waals surface area contributed by atoms with Crippen LogP contribution in [0.1, 0.15) is 38.7 Å². The number of para-hydroxylation sites is 2. The fourth-order valence-corrected chi connectivity index (χ4v) is 4.23. The molecule has 0 radical (unpaired) electrons. The highest BCUT2D eigenvalue weighted by atomic mass is 32.2.